The summed E-state index contributed by atoms with van der Waals surface area (Å²) < 4.78 is 32.4. The van der Waals surface area contributed by atoms with Gasteiger partial charge in [0.15, 0.2) is 0 Å². The van der Waals surface area contributed by atoms with Crippen LogP contribution in [-0.4, -0.2) is 38.0 Å². The highest BCUT2D eigenvalue weighted by Gasteiger charge is 2.25. The van der Waals surface area contributed by atoms with E-state index < -0.39 is 16.0 Å². The number of fused-ring (bicyclic) bond motifs is 1. The van der Waals surface area contributed by atoms with Gasteiger partial charge in [0.2, 0.25) is 10.0 Å². The summed E-state index contributed by atoms with van der Waals surface area (Å²) in [4.78, 5) is 11.5. The molecule has 1 unspecified atom stereocenters. The van der Waals surface area contributed by atoms with Crippen LogP contribution in [0.5, 0.6) is 0 Å². The Morgan fingerprint density at radius 3 is 2.52 bits per heavy atom. The molecular formula is C16H21NO5S. The van der Waals surface area contributed by atoms with Gasteiger partial charge in [0.1, 0.15) is 0 Å². The van der Waals surface area contributed by atoms with E-state index in [1.54, 1.807) is 12.1 Å². The van der Waals surface area contributed by atoms with E-state index in [1.807, 2.05) is 0 Å². The predicted octanol–water partition coefficient (Wildman–Crippen LogP) is 2.18. The summed E-state index contributed by atoms with van der Waals surface area (Å²) >= 11 is 0. The third-order valence-electron chi connectivity index (χ3n) is 4.41. The van der Waals surface area contributed by atoms with Crippen molar-refractivity contribution in [1.29, 1.82) is 0 Å². The van der Waals surface area contributed by atoms with Crippen LogP contribution in [-0.2, 0) is 27.6 Å². The Morgan fingerprint density at radius 2 is 1.91 bits per heavy atom. The minimum absolute atomic E-state index is 0.0153. The molecule has 7 heteroatoms. The van der Waals surface area contributed by atoms with Crippen molar-refractivity contribution in [2.45, 2.75) is 44.6 Å². The average Bonchev–Trinajstić information content (AvgIpc) is 2.98. The minimum Gasteiger partial charge on any atom is -0.478 e. The molecule has 1 atom stereocenters. The van der Waals surface area contributed by atoms with Crippen LogP contribution >= 0.6 is 0 Å². The first-order chi connectivity index (χ1) is 10.9. The third-order valence-corrected chi connectivity index (χ3v) is 5.75. The standard InChI is InChI=1S/C16H21NO5S/c18-16(19)14-8-11-4-1-2-5-12(11)9-15(14)17-23(20,21)10-13-6-3-7-22-13/h8-9,13,17H,1-7,10H2,(H,18,19). The van der Waals surface area contributed by atoms with Gasteiger partial charge in [-0.1, -0.05) is 0 Å². The van der Waals surface area contributed by atoms with E-state index in [9.17, 15) is 18.3 Å². The summed E-state index contributed by atoms with van der Waals surface area (Å²) in [5, 5.41) is 9.39. The summed E-state index contributed by atoms with van der Waals surface area (Å²) in [5.41, 5.74) is 2.23. The lowest BCUT2D eigenvalue weighted by molar-refractivity contribution is 0.0698. The lowest BCUT2D eigenvalue weighted by Crippen LogP contribution is -2.26. The molecule has 1 aromatic rings. The van der Waals surface area contributed by atoms with Gasteiger partial charge in [-0.15, -0.1) is 0 Å². The third kappa shape index (κ3) is 3.84. The summed E-state index contributed by atoms with van der Waals surface area (Å²) in [6.45, 7) is 0.583. The first-order valence-corrected chi connectivity index (χ1v) is 9.61. The summed E-state index contributed by atoms with van der Waals surface area (Å²) in [6.07, 6.45) is 5.06. The highest BCUT2D eigenvalue weighted by atomic mass is 32.2. The molecule has 0 radical (unpaired) electrons. The Bertz CT molecular complexity index is 707. The number of rotatable bonds is 5. The molecule has 126 valence electrons. The van der Waals surface area contributed by atoms with Crippen molar-refractivity contribution in [2.24, 2.45) is 0 Å². The van der Waals surface area contributed by atoms with Crippen LogP contribution in [0.4, 0.5) is 5.69 Å². The number of aryl methyl sites for hydroxylation is 2. The predicted molar refractivity (Wildman–Crippen MR) is 86.4 cm³/mol. The lowest BCUT2D eigenvalue weighted by atomic mass is 9.89. The summed E-state index contributed by atoms with van der Waals surface area (Å²) in [5.74, 6) is -1.25. The second kappa shape index (κ2) is 6.49. The molecule has 0 amide bonds. The highest BCUT2D eigenvalue weighted by molar-refractivity contribution is 7.92. The van der Waals surface area contributed by atoms with Crippen LogP contribution < -0.4 is 4.72 Å². The number of benzene rings is 1. The fraction of sp³-hybridized carbons (Fsp3) is 0.562. The molecule has 6 nitrogen and oxygen atoms in total. The minimum atomic E-state index is -3.64. The van der Waals surface area contributed by atoms with Crippen LogP contribution in [0.1, 0.15) is 47.2 Å². The smallest absolute Gasteiger partial charge is 0.337 e. The SMILES string of the molecule is O=C(O)c1cc2c(cc1NS(=O)(=O)CC1CCCO1)CCCC2. The monoisotopic (exact) mass is 339 g/mol. The number of aromatic carboxylic acids is 1. The van der Waals surface area contributed by atoms with Crippen LogP contribution in [0.15, 0.2) is 12.1 Å². The van der Waals surface area contributed by atoms with E-state index in [4.69, 9.17) is 4.74 Å². The molecule has 1 saturated heterocycles. The first kappa shape index (κ1) is 16.3. The van der Waals surface area contributed by atoms with Gasteiger partial charge < -0.3 is 9.84 Å². The maximum absolute atomic E-state index is 12.3. The molecule has 0 bridgehead atoms. The number of anilines is 1. The second-order valence-electron chi connectivity index (χ2n) is 6.20. The van der Waals surface area contributed by atoms with Gasteiger partial charge in [-0.05, 0) is 61.8 Å². The van der Waals surface area contributed by atoms with Crippen molar-refractivity contribution in [3.05, 3.63) is 28.8 Å². The molecule has 1 heterocycles. The van der Waals surface area contributed by atoms with Gasteiger partial charge in [-0.2, -0.15) is 0 Å². The van der Waals surface area contributed by atoms with E-state index in [2.05, 4.69) is 4.72 Å². The van der Waals surface area contributed by atoms with Crippen LogP contribution in [0.2, 0.25) is 0 Å². The van der Waals surface area contributed by atoms with Crippen molar-refractivity contribution in [3.8, 4) is 0 Å². The largest absolute Gasteiger partial charge is 0.478 e. The molecule has 1 aliphatic heterocycles. The molecular weight excluding hydrogens is 318 g/mol. The topological polar surface area (TPSA) is 92.7 Å². The van der Waals surface area contributed by atoms with E-state index in [0.29, 0.717) is 6.61 Å². The van der Waals surface area contributed by atoms with Crippen molar-refractivity contribution in [1.82, 2.24) is 0 Å². The first-order valence-electron chi connectivity index (χ1n) is 7.96. The molecule has 1 fully saturated rings. The molecule has 0 spiro atoms. The van der Waals surface area contributed by atoms with E-state index in [-0.39, 0.29) is 23.1 Å². The Labute approximate surface area is 135 Å². The second-order valence-corrected chi connectivity index (χ2v) is 7.96. The Kier molecular flexibility index (Phi) is 4.59. The molecule has 1 aliphatic carbocycles. The maximum Gasteiger partial charge on any atom is 0.337 e. The molecule has 2 N–H and O–H groups in total. The van der Waals surface area contributed by atoms with Gasteiger partial charge in [-0.25, -0.2) is 13.2 Å². The van der Waals surface area contributed by atoms with E-state index >= 15 is 0 Å². The van der Waals surface area contributed by atoms with Gasteiger partial charge in [0.25, 0.3) is 0 Å². The van der Waals surface area contributed by atoms with Gasteiger partial charge >= 0.3 is 5.97 Å². The quantitative estimate of drug-likeness (QED) is 0.858. The lowest BCUT2D eigenvalue weighted by Gasteiger charge is -2.20. The van der Waals surface area contributed by atoms with E-state index in [0.717, 1.165) is 49.7 Å². The zero-order valence-electron chi connectivity index (χ0n) is 12.9. The van der Waals surface area contributed by atoms with Gasteiger partial charge in [0, 0.05) is 6.61 Å². The highest BCUT2D eigenvalue weighted by Crippen LogP contribution is 2.29. The van der Waals surface area contributed by atoms with Crippen molar-refractivity contribution in [2.75, 3.05) is 17.1 Å². The number of carboxylic acids is 1. The maximum atomic E-state index is 12.3. The zero-order valence-corrected chi connectivity index (χ0v) is 13.7. The van der Waals surface area contributed by atoms with Crippen LogP contribution in [0, 0.1) is 0 Å². The number of carboxylic acid groups (broad SMARTS) is 1. The number of ether oxygens (including phenoxy) is 1. The summed E-state index contributed by atoms with van der Waals surface area (Å²) in [7, 11) is -3.64. The number of nitrogens with one attached hydrogen (secondary N) is 1. The van der Waals surface area contributed by atoms with Crippen LogP contribution in [0.3, 0.4) is 0 Å². The fourth-order valence-corrected chi connectivity index (χ4v) is 4.62. The summed E-state index contributed by atoms with van der Waals surface area (Å²) in [6, 6.07) is 3.30. The van der Waals surface area contributed by atoms with Crippen LogP contribution in [0.25, 0.3) is 0 Å². The number of carbonyl (C=O) groups is 1. The molecule has 2 aliphatic rings. The number of sulfonamides is 1. The Hall–Kier alpha value is -1.60. The van der Waals surface area contributed by atoms with Crippen molar-refractivity contribution in [3.63, 3.8) is 0 Å². The normalized spacial score (nSPS) is 21.0. The van der Waals surface area contributed by atoms with E-state index in [1.165, 1.54) is 0 Å². The Balaban J connectivity index is 1.87. The molecule has 0 aromatic heterocycles. The number of hydrogen-bond donors (Lipinski definition) is 2. The fourth-order valence-electron chi connectivity index (χ4n) is 3.28. The molecule has 3 rings (SSSR count). The van der Waals surface area contributed by atoms with Crippen molar-refractivity contribution < 1.29 is 23.1 Å². The van der Waals surface area contributed by atoms with Crippen molar-refractivity contribution >= 4 is 21.7 Å². The zero-order chi connectivity index (χ0) is 16.4. The van der Waals surface area contributed by atoms with Gasteiger partial charge in [0.05, 0.1) is 23.1 Å². The molecule has 1 aromatic carbocycles. The molecule has 0 saturated carbocycles. The van der Waals surface area contributed by atoms with Gasteiger partial charge in [-0.3, -0.25) is 4.72 Å². The Morgan fingerprint density at radius 1 is 1.22 bits per heavy atom. The number of hydrogen-bond acceptors (Lipinski definition) is 4. The molecule has 23 heavy (non-hydrogen) atoms. The average molecular weight is 339 g/mol.